The van der Waals surface area contributed by atoms with Crippen LogP contribution in [0.4, 0.5) is 0 Å². The van der Waals surface area contributed by atoms with Crippen LogP contribution in [0.3, 0.4) is 0 Å². The number of hydrogen-bond donors (Lipinski definition) is 0. The molecule has 3 rings (SSSR count). The SMILES string of the molecule is O=C1COc2c1cc(S(=O)(=O)Cl)c1cccnc21. The first-order chi connectivity index (χ1) is 8.48. The van der Waals surface area contributed by atoms with Gasteiger partial charge in [0, 0.05) is 22.3 Å². The summed E-state index contributed by atoms with van der Waals surface area (Å²) in [5.41, 5.74) is 0.542. The molecule has 2 aromatic rings. The van der Waals surface area contributed by atoms with Crippen LogP contribution in [0.2, 0.25) is 0 Å². The second-order valence-electron chi connectivity index (χ2n) is 3.80. The third kappa shape index (κ3) is 1.57. The molecule has 0 saturated carbocycles. The molecular weight excluding hydrogens is 278 g/mol. The Bertz CT molecular complexity index is 785. The van der Waals surface area contributed by atoms with Gasteiger partial charge in [-0.1, -0.05) is 0 Å². The van der Waals surface area contributed by atoms with Crippen molar-refractivity contribution >= 4 is 36.4 Å². The first-order valence-corrected chi connectivity index (χ1v) is 7.32. The number of carbonyl (C=O) groups excluding carboxylic acids is 1. The number of Topliss-reactive ketones (excluding diaryl/α,β-unsaturated/α-hetero) is 1. The average molecular weight is 284 g/mol. The lowest BCUT2D eigenvalue weighted by atomic mass is 10.1. The number of carbonyl (C=O) groups is 1. The molecule has 0 bridgehead atoms. The lowest BCUT2D eigenvalue weighted by Gasteiger charge is -2.06. The molecule has 7 heteroatoms. The van der Waals surface area contributed by atoms with E-state index in [-0.39, 0.29) is 22.8 Å². The number of aromatic nitrogens is 1. The minimum Gasteiger partial charge on any atom is -0.482 e. The summed E-state index contributed by atoms with van der Waals surface area (Å²) in [6.45, 7) is -0.104. The first-order valence-electron chi connectivity index (χ1n) is 5.01. The number of halogens is 1. The first kappa shape index (κ1) is 11.4. The molecule has 0 atom stereocenters. The summed E-state index contributed by atoms with van der Waals surface area (Å²) in [6.07, 6.45) is 1.50. The van der Waals surface area contributed by atoms with Gasteiger partial charge in [-0.15, -0.1) is 0 Å². The molecule has 1 aromatic carbocycles. The number of benzene rings is 1. The van der Waals surface area contributed by atoms with E-state index < -0.39 is 9.05 Å². The van der Waals surface area contributed by atoms with Crippen molar-refractivity contribution < 1.29 is 17.9 Å². The fraction of sp³-hybridized carbons (Fsp3) is 0.0909. The number of ketones is 1. The minimum absolute atomic E-state index is 0.104. The Labute approximate surface area is 107 Å². The van der Waals surface area contributed by atoms with Gasteiger partial charge in [-0.3, -0.25) is 9.78 Å². The Kier molecular flexibility index (Phi) is 2.33. The van der Waals surface area contributed by atoms with Gasteiger partial charge < -0.3 is 4.74 Å². The van der Waals surface area contributed by atoms with E-state index in [0.29, 0.717) is 16.7 Å². The van der Waals surface area contributed by atoms with Gasteiger partial charge in [0.25, 0.3) is 9.05 Å². The Hall–Kier alpha value is -1.66. The molecule has 0 radical (unpaired) electrons. The third-order valence-electron chi connectivity index (χ3n) is 2.72. The second-order valence-corrected chi connectivity index (χ2v) is 6.34. The van der Waals surface area contributed by atoms with Crippen molar-refractivity contribution in [2.75, 3.05) is 6.61 Å². The molecule has 1 aliphatic rings. The normalized spacial score (nSPS) is 14.6. The van der Waals surface area contributed by atoms with Crippen molar-refractivity contribution in [2.45, 2.75) is 4.90 Å². The zero-order chi connectivity index (χ0) is 12.9. The monoisotopic (exact) mass is 283 g/mol. The number of nitrogens with zero attached hydrogens (tertiary/aromatic N) is 1. The summed E-state index contributed by atoms with van der Waals surface area (Å²) in [7, 11) is 1.43. The summed E-state index contributed by atoms with van der Waals surface area (Å²) in [4.78, 5) is 15.5. The van der Waals surface area contributed by atoms with E-state index in [1.54, 1.807) is 12.1 Å². The van der Waals surface area contributed by atoms with Gasteiger partial charge in [0.05, 0.1) is 10.5 Å². The van der Waals surface area contributed by atoms with Gasteiger partial charge in [0.2, 0.25) is 5.78 Å². The standard InChI is InChI=1S/C11H6ClNO4S/c12-18(15,16)9-4-7-8(14)5-17-11(7)10-6(9)2-1-3-13-10/h1-4H,5H2. The molecule has 0 spiro atoms. The molecule has 0 amide bonds. The Balaban J connectivity index is 2.53. The van der Waals surface area contributed by atoms with Crippen LogP contribution in [-0.2, 0) is 9.05 Å². The van der Waals surface area contributed by atoms with Crippen LogP contribution in [0, 0.1) is 0 Å². The lowest BCUT2D eigenvalue weighted by molar-refractivity contribution is 0.0961. The highest BCUT2D eigenvalue weighted by Crippen LogP contribution is 2.37. The number of ether oxygens (including phenoxy) is 1. The van der Waals surface area contributed by atoms with Crippen LogP contribution in [0.25, 0.3) is 10.9 Å². The van der Waals surface area contributed by atoms with E-state index in [0.717, 1.165) is 0 Å². The highest BCUT2D eigenvalue weighted by atomic mass is 35.7. The lowest BCUT2D eigenvalue weighted by Crippen LogP contribution is -2.00. The van der Waals surface area contributed by atoms with Crippen LogP contribution in [-0.4, -0.2) is 25.8 Å². The molecule has 1 aliphatic heterocycles. The van der Waals surface area contributed by atoms with Gasteiger partial charge in [0.1, 0.15) is 5.52 Å². The fourth-order valence-electron chi connectivity index (χ4n) is 1.96. The van der Waals surface area contributed by atoms with E-state index in [1.165, 1.54) is 12.3 Å². The molecule has 2 heterocycles. The highest BCUT2D eigenvalue weighted by Gasteiger charge is 2.28. The minimum atomic E-state index is -3.95. The van der Waals surface area contributed by atoms with Gasteiger partial charge >= 0.3 is 0 Å². The largest absolute Gasteiger partial charge is 0.482 e. The summed E-state index contributed by atoms with van der Waals surface area (Å²) in [5.74, 6) is 0.0405. The summed E-state index contributed by atoms with van der Waals surface area (Å²) in [6, 6.07) is 4.41. The predicted octanol–water partition coefficient (Wildman–Crippen LogP) is 1.74. The molecule has 0 fully saturated rings. The summed E-state index contributed by atoms with van der Waals surface area (Å²) < 4.78 is 28.3. The van der Waals surface area contributed by atoms with Crippen molar-refractivity contribution in [3.05, 3.63) is 30.0 Å². The van der Waals surface area contributed by atoms with Crippen molar-refractivity contribution in [1.29, 1.82) is 0 Å². The smallest absolute Gasteiger partial charge is 0.262 e. The van der Waals surface area contributed by atoms with E-state index >= 15 is 0 Å². The highest BCUT2D eigenvalue weighted by molar-refractivity contribution is 8.14. The van der Waals surface area contributed by atoms with Crippen molar-refractivity contribution in [3.8, 4) is 5.75 Å². The number of pyridine rings is 1. The van der Waals surface area contributed by atoms with Crippen LogP contribution in [0.1, 0.15) is 10.4 Å². The molecule has 0 aliphatic carbocycles. The fourth-order valence-corrected chi connectivity index (χ4v) is 3.03. The molecular formula is C11H6ClNO4S. The van der Waals surface area contributed by atoms with Crippen molar-refractivity contribution in [1.82, 2.24) is 4.98 Å². The molecule has 0 unspecified atom stereocenters. The summed E-state index contributed by atoms with van der Waals surface area (Å²) >= 11 is 0. The maximum atomic E-state index is 11.6. The van der Waals surface area contributed by atoms with E-state index in [2.05, 4.69) is 4.98 Å². The topological polar surface area (TPSA) is 73.3 Å². The quantitative estimate of drug-likeness (QED) is 0.745. The zero-order valence-electron chi connectivity index (χ0n) is 8.88. The Morgan fingerprint density at radius 1 is 1.39 bits per heavy atom. The zero-order valence-corrected chi connectivity index (χ0v) is 10.5. The maximum Gasteiger partial charge on any atom is 0.262 e. The molecule has 0 saturated heterocycles. The molecule has 18 heavy (non-hydrogen) atoms. The van der Waals surface area contributed by atoms with Crippen LogP contribution < -0.4 is 4.74 Å². The van der Waals surface area contributed by atoms with Crippen LogP contribution >= 0.6 is 10.7 Å². The van der Waals surface area contributed by atoms with Crippen LogP contribution in [0.5, 0.6) is 5.75 Å². The Morgan fingerprint density at radius 2 is 2.17 bits per heavy atom. The van der Waals surface area contributed by atoms with E-state index in [1.807, 2.05) is 0 Å². The van der Waals surface area contributed by atoms with E-state index in [4.69, 9.17) is 15.4 Å². The van der Waals surface area contributed by atoms with Crippen molar-refractivity contribution in [2.24, 2.45) is 0 Å². The third-order valence-corrected chi connectivity index (χ3v) is 4.08. The van der Waals surface area contributed by atoms with Gasteiger partial charge in [0.15, 0.2) is 12.4 Å². The number of hydrogen-bond acceptors (Lipinski definition) is 5. The molecule has 1 aromatic heterocycles. The summed E-state index contributed by atoms with van der Waals surface area (Å²) in [5, 5.41) is 0.348. The number of fused-ring (bicyclic) bond motifs is 3. The predicted molar refractivity (Wildman–Crippen MR) is 64.6 cm³/mol. The molecule has 5 nitrogen and oxygen atoms in total. The van der Waals surface area contributed by atoms with Gasteiger partial charge in [-0.2, -0.15) is 0 Å². The molecule has 92 valence electrons. The molecule has 0 N–H and O–H groups in total. The second kappa shape index (κ2) is 3.66. The number of rotatable bonds is 1. The van der Waals surface area contributed by atoms with E-state index in [9.17, 15) is 13.2 Å². The van der Waals surface area contributed by atoms with Gasteiger partial charge in [-0.25, -0.2) is 8.42 Å². The Morgan fingerprint density at radius 3 is 2.89 bits per heavy atom. The maximum absolute atomic E-state index is 11.6. The average Bonchev–Trinajstić information content (AvgIpc) is 2.69. The van der Waals surface area contributed by atoms with Crippen LogP contribution in [0.15, 0.2) is 29.3 Å². The van der Waals surface area contributed by atoms with Gasteiger partial charge in [-0.05, 0) is 18.2 Å². The van der Waals surface area contributed by atoms with Crippen molar-refractivity contribution in [3.63, 3.8) is 0 Å².